The van der Waals surface area contributed by atoms with E-state index in [9.17, 15) is 4.57 Å². The molecule has 0 bridgehead atoms. The van der Waals surface area contributed by atoms with Gasteiger partial charge < -0.3 is 0 Å². The predicted molar refractivity (Wildman–Crippen MR) is 39.0 cm³/mol. The lowest BCUT2D eigenvalue weighted by molar-refractivity contribution is 0.593. The van der Waals surface area contributed by atoms with Crippen LogP contribution in [-0.4, -0.2) is 6.16 Å². The van der Waals surface area contributed by atoms with Gasteiger partial charge in [-0.3, -0.25) is 4.57 Å². The summed E-state index contributed by atoms with van der Waals surface area (Å²) < 4.78 is 10.5. The molecule has 0 rings (SSSR count). The van der Waals surface area contributed by atoms with E-state index in [4.69, 9.17) is 22.5 Å². The quantitative estimate of drug-likeness (QED) is 0.462. The molecule has 0 heterocycles. The van der Waals surface area contributed by atoms with Crippen molar-refractivity contribution in [1.82, 2.24) is 0 Å². The number of hydrogen-bond donors (Lipinski definition) is 0. The van der Waals surface area contributed by atoms with E-state index in [1.165, 1.54) is 0 Å². The van der Waals surface area contributed by atoms with E-state index in [0.717, 1.165) is 5.57 Å². The average Bonchev–Trinajstić information content (AvgIpc) is 1.21. The van der Waals surface area contributed by atoms with E-state index in [1.54, 1.807) is 6.92 Å². The van der Waals surface area contributed by atoms with Crippen molar-refractivity contribution in [2.24, 2.45) is 0 Å². The zero-order valence-corrected chi connectivity index (χ0v) is 6.93. The van der Waals surface area contributed by atoms with Gasteiger partial charge in [-0.2, -0.15) is 0 Å². The van der Waals surface area contributed by atoms with Gasteiger partial charge in [-0.25, -0.2) is 0 Å². The normalized spacial score (nSPS) is 11.4. The molecular formula is C4H7Cl2OP. The zero-order chi connectivity index (χ0) is 6.78. The van der Waals surface area contributed by atoms with Gasteiger partial charge in [-0.15, -0.1) is 0 Å². The minimum atomic E-state index is -2.88. The summed E-state index contributed by atoms with van der Waals surface area (Å²) in [6.45, 7) is 5.23. The van der Waals surface area contributed by atoms with Crippen LogP contribution in [0.25, 0.3) is 0 Å². The molecule has 0 aromatic carbocycles. The Morgan fingerprint density at radius 2 is 2.12 bits per heavy atom. The molecule has 0 N–H and O–H groups in total. The second-order valence-corrected chi connectivity index (χ2v) is 6.94. The fourth-order valence-corrected chi connectivity index (χ4v) is 2.17. The van der Waals surface area contributed by atoms with Crippen LogP contribution in [0.4, 0.5) is 0 Å². The van der Waals surface area contributed by atoms with Crippen molar-refractivity contribution in [3.05, 3.63) is 12.2 Å². The Balaban J connectivity index is 3.74. The highest BCUT2D eigenvalue weighted by atomic mass is 35.9. The molecule has 0 unspecified atom stereocenters. The zero-order valence-electron chi connectivity index (χ0n) is 4.53. The van der Waals surface area contributed by atoms with Crippen LogP contribution in [0, 0.1) is 0 Å². The maximum absolute atomic E-state index is 10.5. The average molecular weight is 173 g/mol. The molecule has 4 heteroatoms. The molecule has 48 valence electrons. The first-order chi connectivity index (χ1) is 3.42. The molecule has 0 aromatic rings. The van der Waals surface area contributed by atoms with E-state index in [1.807, 2.05) is 0 Å². The van der Waals surface area contributed by atoms with E-state index in [2.05, 4.69) is 6.58 Å². The van der Waals surface area contributed by atoms with Crippen molar-refractivity contribution in [1.29, 1.82) is 0 Å². The second kappa shape index (κ2) is 2.91. The maximum atomic E-state index is 10.5. The molecule has 0 saturated heterocycles. The third-order valence-corrected chi connectivity index (χ3v) is 2.08. The molecular weight excluding hydrogens is 166 g/mol. The third kappa shape index (κ3) is 6.55. The van der Waals surface area contributed by atoms with Crippen molar-refractivity contribution >= 4 is 28.3 Å². The van der Waals surface area contributed by atoms with Gasteiger partial charge in [-0.05, 0) is 29.4 Å². The number of allylic oxidation sites excluding steroid dienone is 1. The highest BCUT2D eigenvalue weighted by molar-refractivity contribution is 8.08. The lowest BCUT2D eigenvalue weighted by Crippen LogP contribution is -1.76. The van der Waals surface area contributed by atoms with Crippen LogP contribution in [0.3, 0.4) is 0 Å². The van der Waals surface area contributed by atoms with Gasteiger partial charge in [0, 0.05) is 6.16 Å². The Morgan fingerprint density at radius 1 is 1.75 bits per heavy atom. The van der Waals surface area contributed by atoms with E-state index in [-0.39, 0.29) is 6.16 Å². The van der Waals surface area contributed by atoms with Crippen molar-refractivity contribution in [2.45, 2.75) is 6.92 Å². The SMILES string of the molecule is C=C(C)CP(=O)(Cl)Cl. The summed E-state index contributed by atoms with van der Waals surface area (Å²) in [7, 11) is 0. The van der Waals surface area contributed by atoms with Gasteiger partial charge in [0.05, 0.1) is 0 Å². The lowest BCUT2D eigenvalue weighted by atomic mass is 10.4. The summed E-state index contributed by atoms with van der Waals surface area (Å²) in [6, 6.07) is 0. The third-order valence-electron chi connectivity index (χ3n) is 0.454. The molecule has 0 spiro atoms. The van der Waals surface area contributed by atoms with Crippen LogP contribution in [0.1, 0.15) is 6.92 Å². The Morgan fingerprint density at radius 3 is 2.12 bits per heavy atom. The van der Waals surface area contributed by atoms with Crippen molar-refractivity contribution < 1.29 is 4.57 Å². The summed E-state index contributed by atoms with van der Waals surface area (Å²) in [5.41, 5.74) is 0.748. The molecule has 0 aliphatic rings. The molecule has 0 aliphatic heterocycles. The van der Waals surface area contributed by atoms with Crippen molar-refractivity contribution in [3.63, 3.8) is 0 Å². The van der Waals surface area contributed by atoms with E-state index < -0.39 is 5.85 Å². The van der Waals surface area contributed by atoms with Crippen LogP contribution in [0.15, 0.2) is 12.2 Å². The van der Waals surface area contributed by atoms with Gasteiger partial charge >= 0.3 is 0 Å². The maximum Gasteiger partial charge on any atom is 0.257 e. The van der Waals surface area contributed by atoms with Gasteiger partial charge in [0.1, 0.15) is 0 Å². The second-order valence-electron chi connectivity index (χ2n) is 1.69. The van der Waals surface area contributed by atoms with Crippen LogP contribution in [-0.2, 0) is 4.57 Å². The molecule has 0 atom stereocenters. The molecule has 8 heavy (non-hydrogen) atoms. The number of halogens is 2. The number of hydrogen-bond acceptors (Lipinski definition) is 1. The van der Waals surface area contributed by atoms with Crippen LogP contribution in [0.2, 0.25) is 0 Å². The lowest BCUT2D eigenvalue weighted by Gasteiger charge is -1.97. The summed E-state index contributed by atoms with van der Waals surface area (Å²) in [5, 5.41) is 0. The van der Waals surface area contributed by atoms with E-state index >= 15 is 0 Å². The molecule has 0 saturated carbocycles. The molecule has 0 aliphatic carbocycles. The fourth-order valence-electron chi connectivity index (χ4n) is 0.314. The molecule has 1 nitrogen and oxygen atoms in total. The van der Waals surface area contributed by atoms with Gasteiger partial charge in [0.15, 0.2) is 0 Å². The Labute approximate surface area is 58.6 Å². The summed E-state index contributed by atoms with van der Waals surface area (Å²) in [5.74, 6) is -2.88. The Bertz CT molecular complexity index is 137. The summed E-state index contributed by atoms with van der Waals surface area (Å²) in [6.07, 6.45) is 0.218. The predicted octanol–water partition coefficient (Wildman–Crippen LogP) is 3.23. The van der Waals surface area contributed by atoms with Crippen LogP contribution >= 0.6 is 28.3 Å². The fraction of sp³-hybridized carbons (Fsp3) is 0.500. The summed E-state index contributed by atoms with van der Waals surface area (Å²) in [4.78, 5) is 0. The molecule has 0 radical (unpaired) electrons. The highest BCUT2D eigenvalue weighted by Gasteiger charge is 2.12. The molecule has 0 aromatic heterocycles. The van der Waals surface area contributed by atoms with E-state index in [0.29, 0.717) is 0 Å². The van der Waals surface area contributed by atoms with Gasteiger partial charge in [0.25, 0.3) is 5.85 Å². The largest absolute Gasteiger partial charge is 0.289 e. The first kappa shape index (κ1) is 8.55. The first-order valence-corrected chi connectivity index (χ1v) is 5.75. The van der Waals surface area contributed by atoms with Gasteiger partial charge in [0.2, 0.25) is 0 Å². The Hall–Kier alpha value is 0.550. The van der Waals surface area contributed by atoms with Crippen molar-refractivity contribution in [3.8, 4) is 0 Å². The minimum Gasteiger partial charge on any atom is -0.289 e. The standard InChI is InChI=1S/C4H7Cl2OP/c1-4(2)3-8(5,6)7/h1,3H2,2H3. The first-order valence-electron chi connectivity index (χ1n) is 2.04. The van der Waals surface area contributed by atoms with Crippen LogP contribution < -0.4 is 0 Å². The molecule has 0 fully saturated rings. The van der Waals surface area contributed by atoms with Gasteiger partial charge in [-0.1, -0.05) is 12.2 Å². The monoisotopic (exact) mass is 172 g/mol. The summed E-state index contributed by atoms with van der Waals surface area (Å²) >= 11 is 10.4. The Kier molecular flexibility index (Phi) is 3.11. The minimum absolute atomic E-state index is 0.218. The topological polar surface area (TPSA) is 17.1 Å². The van der Waals surface area contributed by atoms with Crippen LogP contribution in [0.5, 0.6) is 0 Å². The van der Waals surface area contributed by atoms with Crippen molar-refractivity contribution in [2.75, 3.05) is 6.16 Å². The highest BCUT2D eigenvalue weighted by Crippen LogP contribution is 2.57. The smallest absolute Gasteiger partial charge is 0.257 e. The molecule has 0 amide bonds. The number of rotatable bonds is 2.